The molecule has 62 valence electrons. The molecule has 0 aromatic rings. The summed E-state index contributed by atoms with van der Waals surface area (Å²) in [7, 11) is 0. The molecule has 0 heteroatoms. The SMILES string of the molecule is C=CC=CC.C=CC=CCC. The van der Waals surface area contributed by atoms with Crippen molar-refractivity contribution in [2.75, 3.05) is 0 Å². The van der Waals surface area contributed by atoms with Crippen molar-refractivity contribution in [3.63, 3.8) is 0 Å². The van der Waals surface area contributed by atoms with E-state index in [1.165, 1.54) is 0 Å². The Hall–Kier alpha value is -1.04. The molecule has 0 aromatic heterocycles. The molecule has 0 aliphatic heterocycles. The molecule has 0 N–H and O–H groups in total. The van der Waals surface area contributed by atoms with Gasteiger partial charge < -0.3 is 0 Å². The van der Waals surface area contributed by atoms with Gasteiger partial charge in [0.05, 0.1) is 0 Å². The fraction of sp³-hybridized carbons (Fsp3) is 0.273. The molecule has 0 rings (SSSR count). The fourth-order valence-electron chi connectivity index (χ4n) is 0.368. The van der Waals surface area contributed by atoms with E-state index >= 15 is 0 Å². The van der Waals surface area contributed by atoms with Gasteiger partial charge in [-0.2, -0.15) is 0 Å². The van der Waals surface area contributed by atoms with Gasteiger partial charge in [0.25, 0.3) is 0 Å². The third-order valence-electron chi connectivity index (χ3n) is 0.836. The van der Waals surface area contributed by atoms with Crippen molar-refractivity contribution in [1.82, 2.24) is 0 Å². The van der Waals surface area contributed by atoms with E-state index in [-0.39, 0.29) is 0 Å². The monoisotopic (exact) mass is 150 g/mol. The lowest BCUT2D eigenvalue weighted by Gasteiger charge is -1.67. The molecule has 0 radical (unpaired) electrons. The number of hydrogen-bond acceptors (Lipinski definition) is 0. The van der Waals surface area contributed by atoms with E-state index in [0.29, 0.717) is 0 Å². The lowest BCUT2D eigenvalue weighted by molar-refractivity contribution is 1.22. The molecule has 0 saturated carbocycles. The smallest absolute Gasteiger partial charge is 0.0376 e. The van der Waals surface area contributed by atoms with Gasteiger partial charge in [0.2, 0.25) is 0 Å². The molecular formula is C11H18. The summed E-state index contributed by atoms with van der Waals surface area (Å²) in [6.07, 6.45) is 12.5. The first-order valence-electron chi connectivity index (χ1n) is 3.84. The number of allylic oxidation sites excluding steroid dienone is 6. The van der Waals surface area contributed by atoms with Gasteiger partial charge in [-0.05, 0) is 13.3 Å². The Balaban J connectivity index is 0. The highest BCUT2D eigenvalue weighted by Gasteiger charge is 1.55. The number of rotatable bonds is 3. The van der Waals surface area contributed by atoms with Crippen LogP contribution in [0.1, 0.15) is 20.3 Å². The van der Waals surface area contributed by atoms with E-state index in [1.54, 1.807) is 12.2 Å². The van der Waals surface area contributed by atoms with Crippen molar-refractivity contribution in [2.45, 2.75) is 20.3 Å². The average molecular weight is 150 g/mol. The van der Waals surface area contributed by atoms with Crippen LogP contribution in [-0.2, 0) is 0 Å². The summed E-state index contributed by atoms with van der Waals surface area (Å²) in [6, 6.07) is 0. The lowest BCUT2D eigenvalue weighted by atomic mass is 10.4. The lowest BCUT2D eigenvalue weighted by Crippen LogP contribution is -1.46. The normalized spacial score (nSPS) is 9.27. The predicted molar refractivity (Wildman–Crippen MR) is 54.6 cm³/mol. The first-order valence-corrected chi connectivity index (χ1v) is 3.84. The van der Waals surface area contributed by atoms with Crippen LogP contribution >= 0.6 is 0 Å². The molecule has 0 saturated heterocycles. The largest absolute Gasteiger partial charge is 0.0991 e. The zero-order valence-electron chi connectivity index (χ0n) is 7.59. The van der Waals surface area contributed by atoms with Crippen LogP contribution in [0.3, 0.4) is 0 Å². The van der Waals surface area contributed by atoms with Crippen LogP contribution in [-0.4, -0.2) is 0 Å². The predicted octanol–water partition coefficient (Wildman–Crippen LogP) is 3.89. The fourth-order valence-corrected chi connectivity index (χ4v) is 0.368. The van der Waals surface area contributed by atoms with Crippen LogP contribution in [0.4, 0.5) is 0 Å². The standard InChI is InChI=1S/C6H10.C5H8/c1-3-5-6-4-2;1-3-5-4-2/h3,5-6H,1,4H2,2H3;3-5H,1H2,2H3. The summed E-state index contributed by atoms with van der Waals surface area (Å²) in [5.41, 5.74) is 0. The van der Waals surface area contributed by atoms with E-state index in [2.05, 4.69) is 26.2 Å². The first-order chi connectivity index (χ1) is 5.33. The Labute approximate surface area is 70.6 Å². The minimum Gasteiger partial charge on any atom is -0.0991 e. The molecule has 0 fully saturated rings. The summed E-state index contributed by atoms with van der Waals surface area (Å²) < 4.78 is 0. The van der Waals surface area contributed by atoms with Gasteiger partial charge in [-0.25, -0.2) is 0 Å². The molecule has 0 spiro atoms. The zero-order chi connectivity index (χ0) is 8.95. The van der Waals surface area contributed by atoms with Crippen LogP contribution in [0.2, 0.25) is 0 Å². The molecule has 0 unspecified atom stereocenters. The summed E-state index contributed by atoms with van der Waals surface area (Å²) in [6.45, 7) is 11.0. The second-order valence-corrected chi connectivity index (χ2v) is 1.83. The van der Waals surface area contributed by atoms with Gasteiger partial charge in [0.15, 0.2) is 0 Å². The highest BCUT2D eigenvalue weighted by Crippen LogP contribution is 1.76. The molecule has 0 heterocycles. The van der Waals surface area contributed by atoms with Crippen molar-refractivity contribution in [1.29, 1.82) is 0 Å². The minimum absolute atomic E-state index is 1.10. The van der Waals surface area contributed by atoms with Crippen LogP contribution in [0.25, 0.3) is 0 Å². The average Bonchev–Trinajstić information content (AvgIpc) is 2.04. The van der Waals surface area contributed by atoms with Gasteiger partial charge in [-0.1, -0.05) is 56.5 Å². The number of hydrogen-bond donors (Lipinski definition) is 0. The summed E-state index contributed by atoms with van der Waals surface area (Å²) in [5.74, 6) is 0. The molecule has 0 bridgehead atoms. The Kier molecular flexibility index (Phi) is 18.3. The molecule has 0 amide bonds. The summed E-state index contributed by atoms with van der Waals surface area (Å²) in [4.78, 5) is 0. The second-order valence-electron chi connectivity index (χ2n) is 1.83. The molecule has 0 aliphatic carbocycles. The van der Waals surface area contributed by atoms with Crippen molar-refractivity contribution in [3.8, 4) is 0 Å². The molecular weight excluding hydrogens is 132 g/mol. The van der Waals surface area contributed by atoms with Gasteiger partial charge in [-0.3, -0.25) is 0 Å². The Bertz CT molecular complexity index is 127. The molecule has 0 aliphatic rings. The minimum atomic E-state index is 1.10. The van der Waals surface area contributed by atoms with E-state index in [9.17, 15) is 0 Å². The van der Waals surface area contributed by atoms with Gasteiger partial charge in [0.1, 0.15) is 0 Å². The summed E-state index contributed by atoms with van der Waals surface area (Å²) >= 11 is 0. The Morgan fingerprint density at radius 3 is 1.73 bits per heavy atom. The summed E-state index contributed by atoms with van der Waals surface area (Å²) in [5, 5.41) is 0. The van der Waals surface area contributed by atoms with Gasteiger partial charge >= 0.3 is 0 Å². The van der Waals surface area contributed by atoms with Crippen molar-refractivity contribution < 1.29 is 0 Å². The highest BCUT2D eigenvalue weighted by atomic mass is 13.6. The Morgan fingerprint density at radius 1 is 1.09 bits per heavy atom. The molecule has 0 atom stereocenters. The van der Waals surface area contributed by atoms with Crippen molar-refractivity contribution in [3.05, 3.63) is 49.6 Å². The maximum atomic E-state index is 3.51. The second kappa shape index (κ2) is 16.0. The maximum Gasteiger partial charge on any atom is -0.0376 e. The van der Waals surface area contributed by atoms with E-state index in [4.69, 9.17) is 0 Å². The maximum absolute atomic E-state index is 3.51. The van der Waals surface area contributed by atoms with Crippen LogP contribution in [0.5, 0.6) is 0 Å². The molecule has 0 aromatic carbocycles. The molecule has 0 nitrogen and oxygen atoms in total. The third-order valence-corrected chi connectivity index (χ3v) is 0.836. The third kappa shape index (κ3) is 27.7. The van der Waals surface area contributed by atoms with Gasteiger partial charge in [-0.15, -0.1) is 0 Å². The van der Waals surface area contributed by atoms with Gasteiger partial charge in [0, 0.05) is 0 Å². The van der Waals surface area contributed by atoms with Crippen molar-refractivity contribution in [2.24, 2.45) is 0 Å². The van der Waals surface area contributed by atoms with E-state index in [1.807, 2.05) is 25.2 Å². The molecule has 11 heavy (non-hydrogen) atoms. The Morgan fingerprint density at radius 2 is 1.64 bits per heavy atom. The van der Waals surface area contributed by atoms with Crippen LogP contribution < -0.4 is 0 Å². The van der Waals surface area contributed by atoms with E-state index in [0.717, 1.165) is 6.42 Å². The topological polar surface area (TPSA) is 0 Å². The highest BCUT2D eigenvalue weighted by molar-refractivity contribution is 4.96. The van der Waals surface area contributed by atoms with E-state index < -0.39 is 0 Å². The van der Waals surface area contributed by atoms with Crippen LogP contribution in [0.15, 0.2) is 49.6 Å². The first kappa shape index (κ1) is 12.6. The van der Waals surface area contributed by atoms with Crippen LogP contribution in [0, 0.1) is 0 Å². The van der Waals surface area contributed by atoms with Crippen molar-refractivity contribution >= 4 is 0 Å². The quantitative estimate of drug-likeness (QED) is 0.535. The zero-order valence-corrected chi connectivity index (χ0v) is 7.59.